The van der Waals surface area contributed by atoms with Crippen LogP contribution in [0.5, 0.6) is 0 Å². The minimum atomic E-state index is -0.268. The maximum atomic E-state index is 12.5. The Balaban J connectivity index is 1.69. The van der Waals surface area contributed by atoms with E-state index in [0.717, 1.165) is 44.9 Å². The predicted molar refractivity (Wildman–Crippen MR) is 93.7 cm³/mol. The van der Waals surface area contributed by atoms with Crippen LogP contribution in [0.3, 0.4) is 0 Å². The van der Waals surface area contributed by atoms with E-state index in [9.17, 15) is 14.7 Å². The molecular formula is C21H30O4. The number of aliphatic hydroxyl groups is 1. The van der Waals surface area contributed by atoms with Gasteiger partial charge in [-0.2, -0.15) is 0 Å². The van der Waals surface area contributed by atoms with Crippen molar-refractivity contribution in [1.29, 1.82) is 0 Å². The van der Waals surface area contributed by atoms with Gasteiger partial charge in [0.2, 0.25) is 0 Å². The van der Waals surface area contributed by atoms with Crippen LogP contribution >= 0.6 is 0 Å². The molecule has 0 aromatic rings. The smallest absolute Gasteiger partial charge is 0.302 e. The second-order valence-corrected chi connectivity index (χ2v) is 9.09. The molecule has 25 heavy (non-hydrogen) atoms. The van der Waals surface area contributed by atoms with Crippen LogP contribution in [0.2, 0.25) is 0 Å². The van der Waals surface area contributed by atoms with Crippen molar-refractivity contribution in [3.05, 3.63) is 11.6 Å². The fraction of sp³-hybridized carbons (Fsp3) is 0.810. The van der Waals surface area contributed by atoms with Crippen LogP contribution in [0.15, 0.2) is 11.6 Å². The van der Waals surface area contributed by atoms with E-state index in [4.69, 9.17) is 4.74 Å². The molecule has 1 N–H and O–H groups in total. The molecule has 0 spiro atoms. The molecule has 4 rings (SSSR count). The Labute approximate surface area is 150 Å². The van der Waals surface area contributed by atoms with Crippen molar-refractivity contribution in [3.8, 4) is 0 Å². The van der Waals surface area contributed by atoms with Crippen LogP contribution in [0.4, 0.5) is 0 Å². The van der Waals surface area contributed by atoms with Gasteiger partial charge < -0.3 is 9.84 Å². The monoisotopic (exact) mass is 346 g/mol. The average Bonchev–Trinajstić information content (AvgIpc) is 2.88. The first kappa shape index (κ1) is 17.3. The standard InChI is InChI=1S/C21H30O4/c1-13(22)25-12-21-10-7-15(23)11-14(21)3-4-16-17-5-6-19(24)20(17,2)9-8-18(16)21/h3,15-18,23H,4-12H2,1-2H3/t15-,16-,17-,18-,20-,21+/m0/s1. The molecule has 138 valence electrons. The zero-order valence-corrected chi connectivity index (χ0v) is 15.4. The lowest BCUT2D eigenvalue weighted by atomic mass is 9.47. The Bertz CT molecular complexity index is 623. The lowest BCUT2D eigenvalue weighted by Gasteiger charge is -2.57. The van der Waals surface area contributed by atoms with Crippen molar-refractivity contribution < 1.29 is 19.4 Å². The van der Waals surface area contributed by atoms with Crippen molar-refractivity contribution in [2.75, 3.05) is 6.61 Å². The third-order valence-electron chi connectivity index (χ3n) is 8.04. The third-order valence-corrected chi connectivity index (χ3v) is 8.04. The average molecular weight is 346 g/mol. The van der Waals surface area contributed by atoms with Gasteiger partial charge in [0.25, 0.3) is 0 Å². The van der Waals surface area contributed by atoms with Crippen LogP contribution in [-0.4, -0.2) is 29.6 Å². The highest BCUT2D eigenvalue weighted by atomic mass is 16.5. The molecule has 0 aliphatic heterocycles. The number of hydrogen-bond acceptors (Lipinski definition) is 4. The number of carbonyl (C=O) groups excluding carboxylic acids is 2. The zero-order chi connectivity index (χ0) is 17.8. The van der Waals surface area contributed by atoms with E-state index in [1.807, 2.05) is 0 Å². The lowest BCUT2D eigenvalue weighted by Crippen LogP contribution is -2.53. The number of ketones is 1. The summed E-state index contributed by atoms with van der Waals surface area (Å²) in [5.41, 5.74) is 1.06. The van der Waals surface area contributed by atoms with Crippen molar-refractivity contribution in [3.63, 3.8) is 0 Å². The molecule has 0 unspecified atom stereocenters. The lowest BCUT2D eigenvalue weighted by molar-refractivity contribution is -0.150. The third kappa shape index (κ3) is 2.51. The maximum Gasteiger partial charge on any atom is 0.302 e. The number of hydrogen-bond donors (Lipinski definition) is 1. The van der Waals surface area contributed by atoms with Crippen molar-refractivity contribution in [2.24, 2.45) is 28.6 Å². The van der Waals surface area contributed by atoms with Crippen molar-refractivity contribution in [2.45, 2.75) is 71.3 Å². The van der Waals surface area contributed by atoms with E-state index in [1.54, 1.807) is 0 Å². The Morgan fingerprint density at radius 1 is 1.28 bits per heavy atom. The maximum absolute atomic E-state index is 12.5. The summed E-state index contributed by atoms with van der Waals surface area (Å²) in [7, 11) is 0. The summed E-state index contributed by atoms with van der Waals surface area (Å²) < 4.78 is 5.56. The van der Waals surface area contributed by atoms with Gasteiger partial charge in [-0.1, -0.05) is 18.6 Å². The second-order valence-electron chi connectivity index (χ2n) is 9.09. The van der Waals surface area contributed by atoms with Crippen molar-refractivity contribution in [1.82, 2.24) is 0 Å². The van der Waals surface area contributed by atoms with Gasteiger partial charge in [0.1, 0.15) is 12.4 Å². The van der Waals surface area contributed by atoms with Crippen molar-refractivity contribution >= 4 is 11.8 Å². The van der Waals surface area contributed by atoms with Gasteiger partial charge in [-0.3, -0.25) is 9.59 Å². The Morgan fingerprint density at radius 2 is 2.08 bits per heavy atom. The Kier molecular flexibility index (Phi) is 4.10. The highest BCUT2D eigenvalue weighted by molar-refractivity contribution is 5.87. The molecular weight excluding hydrogens is 316 g/mol. The topological polar surface area (TPSA) is 63.6 Å². The van der Waals surface area contributed by atoms with Gasteiger partial charge in [0.05, 0.1) is 6.10 Å². The number of rotatable bonds is 2. The van der Waals surface area contributed by atoms with E-state index in [2.05, 4.69) is 13.0 Å². The molecule has 4 heteroatoms. The summed E-state index contributed by atoms with van der Waals surface area (Å²) in [4.78, 5) is 24.0. The van der Waals surface area contributed by atoms with Crippen LogP contribution in [0, 0.1) is 28.6 Å². The highest BCUT2D eigenvalue weighted by Gasteiger charge is 2.60. The van der Waals surface area contributed by atoms with Gasteiger partial charge in [0.15, 0.2) is 0 Å². The van der Waals surface area contributed by atoms with E-state index in [0.29, 0.717) is 36.6 Å². The number of esters is 1. The molecule has 0 radical (unpaired) electrons. The fourth-order valence-electron chi connectivity index (χ4n) is 6.71. The predicted octanol–water partition coefficient (Wildman–Crippen LogP) is 3.42. The second kappa shape index (κ2) is 5.94. The molecule has 4 aliphatic carbocycles. The van der Waals surface area contributed by atoms with E-state index in [1.165, 1.54) is 12.5 Å². The molecule has 4 aliphatic rings. The molecule has 0 saturated heterocycles. The first-order chi connectivity index (χ1) is 11.9. The normalized spacial score (nSPS) is 45.9. The van der Waals surface area contributed by atoms with E-state index >= 15 is 0 Å². The van der Waals surface area contributed by atoms with Crippen LogP contribution in [0.1, 0.15) is 65.2 Å². The SMILES string of the molecule is CC(=O)OC[C@]12CC[C@H](O)CC1=CC[C@@H]1[C@@H]2CC[C@]2(C)C(=O)CC[C@@H]12. The van der Waals surface area contributed by atoms with Gasteiger partial charge >= 0.3 is 5.97 Å². The van der Waals surface area contributed by atoms with E-state index in [-0.39, 0.29) is 22.9 Å². The minimum Gasteiger partial charge on any atom is -0.465 e. The quantitative estimate of drug-likeness (QED) is 0.615. The summed E-state index contributed by atoms with van der Waals surface area (Å²) in [5, 5.41) is 10.2. The highest BCUT2D eigenvalue weighted by Crippen LogP contribution is 2.64. The largest absolute Gasteiger partial charge is 0.465 e. The molecule has 0 aromatic heterocycles. The number of allylic oxidation sites excluding steroid dienone is 1. The summed E-state index contributed by atoms with van der Waals surface area (Å²) in [6.07, 6.45) is 9.22. The number of fused-ring (bicyclic) bond motifs is 5. The number of Topliss-reactive ketones (excluding diaryl/α,β-unsaturated/α-hetero) is 1. The number of aliphatic hydroxyl groups excluding tert-OH is 1. The molecule has 6 atom stereocenters. The molecule has 4 nitrogen and oxygen atoms in total. The van der Waals surface area contributed by atoms with Gasteiger partial charge in [-0.25, -0.2) is 0 Å². The molecule has 0 heterocycles. The molecule has 3 fully saturated rings. The Morgan fingerprint density at radius 3 is 2.84 bits per heavy atom. The zero-order valence-electron chi connectivity index (χ0n) is 15.4. The number of carbonyl (C=O) groups is 2. The van der Waals surface area contributed by atoms with Crippen LogP contribution < -0.4 is 0 Å². The summed E-state index contributed by atoms with van der Waals surface area (Å²) in [5.74, 6) is 1.69. The summed E-state index contributed by atoms with van der Waals surface area (Å²) in [6.45, 7) is 4.11. The molecule has 0 amide bonds. The van der Waals surface area contributed by atoms with Crippen LogP contribution in [-0.2, 0) is 14.3 Å². The van der Waals surface area contributed by atoms with Gasteiger partial charge in [-0.15, -0.1) is 0 Å². The Hall–Kier alpha value is -1.16. The summed E-state index contributed by atoms with van der Waals surface area (Å²) in [6, 6.07) is 0. The minimum absolute atomic E-state index is 0.110. The van der Waals surface area contributed by atoms with Crippen LogP contribution in [0.25, 0.3) is 0 Å². The van der Waals surface area contributed by atoms with E-state index < -0.39 is 0 Å². The fourth-order valence-corrected chi connectivity index (χ4v) is 6.71. The molecule has 0 bridgehead atoms. The van der Waals surface area contributed by atoms with Gasteiger partial charge in [0, 0.05) is 24.2 Å². The van der Waals surface area contributed by atoms with Gasteiger partial charge in [-0.05, 0) is 62.7 Å². The summed E-state index contributed by atoms with van der Waals surface area (Å²) >= 11 is 0. The number of ether oxygens (including phenoxy) is 1. The first-order valence-electron chi connectivity index (χ1n) is 9.91. The first-order valence-corrected chi connectivity index (χ1v) is 9.91. The molecule has 3 saturated carbocycles. The molecule has 0 aromatic carbocycles.